The fourth-order valence-corrected chi connectivity index (χ4v) is 3.99. The van der Waals surface area contributed by atoms with Crippen LogP contribution in [-0.4, -0.2) is 32.5 Å². The van der Waals surface area contributed by atoms with Crippen molar-refractivity contribution in [2.45, 2.75) is 91.3 Å². The molecule has 0 unspecified atom stereocenters. The molecule has 0 saturated carbocycles. The lowest BCUT2D eigenvalue weighted by Crippen LogP contribution is -2.42. The van der Waals surface area contributed by atoms with Crippen molar-refractivity contribution in [3.05, 3.63) is 55.3 Å². The van der Waals surface area contributed by atoms with Crippen molar-refractivity contribution in [2.75, 3.05) is 6.61 Å². The second kappa shape index (κ2) is 13.5. The zero-order chi connectivity index (χ0) is 25.1. The van der Waals surface area contributed by atoms with E-state index in [4.69, 9.17) is 9.47 Å². The monoisotopic (exact) mass is 537 g/mol. The molecule has 1 heterocycles. The Balaban J connectivity index is 2.01. The summed E-state index contributed by atoms with van der Waals surface area (Å²) in [6.07, 6.45) is 6.52. The number of carbonyl (C=O) groups is 1. The Morgan fingerprint density at radius 2 is 1.79 bits per heavy atom. The number of hydrogen-bond donors (Lipinski definition) is 0. The Morgan fingerprint density at radius 1 is 1.06 bits per heavy atom. The van der Waals surface area contributed by atoms with Crippen molar-refractivity contribution < 1.29 is 14.3 Å². The third-order valence-corrected chi connectivity index (χ3v) is 5.94. The van der Waals surface area contributed by atoms with Crippen molar-refractivity contribution in [3.8, 4) is 5.75 Å². The van der Waals surface area contributed by atoms with Crippen LogP contribution in [0, 0.1) is 0 Å². The van der Waals surface area contributed by atoms with Gasteiger partial charge in [-0.15, -0.1) is 0 Å². The van der Waals surface area contributed by atoms with Crippen LogP contribution in [0.15, 0.2) is 38.5 Å². The number of aryl methyl sites for hydroxylation is 2. The number of rotatable bonds is 14. The number of unbranched alkanes of at least 4 members (excludes halogenated alkanes) is 4. The van der Waals surface area contributed by atoms with E-state index < -0.39 is 11.6 Å². The molecule has 0 amide bonds. The molecule has 8 nitrogen and oxygen atoms in total. The van der Waals surface area contributed by atoms with E-state index in [0.717, 1.165) is 37.7 Å². The van der Waals surface area contributed by atoms with Gasteiger partial charge in [0.15, 0.2) is 10.2 Å². The first-order valence-corrected chi connectivity index (χ1v) is 12.8. The van der Waals surface area contributed by atoms with Gasteiger partial charge in [0.05, 0.1) is 6.61 Å². The van der Waals surface area contributed by atoms with Crippen molar-refractivity contribution in [1.29, 1.82) is 0 Å². The first-order chi connectivity index (χ1) is 16.2. The second-order valence-electron chi connectivity index (χ2n) is 8.75. The summed E-state index contributed by atoms with van der Waals surface area (Å²) in [4.78, 5) is 37.3. The maximum Gasteiger partial charge on any atom is 0.349 e. The normalized spacial score (nSPS) is 11.4. The number of nitrogens with zero attached hydrogens (tertiary/aromatic N) is 3. The Hall–Kier alpha value is -2.42. The van der Waals surface area contributed by atoms with Gasteiger partial charge in [-0.2, -0.15) is 5.10 Å². The smallest absolute Gasteiger partial charge is 0.349 e. The van der Waals surface area contributed by atoms with E-state index >= 15 is 0 Å². The summed E-state index contributed by atoms with van der Waals surface area (Å²) >= 11 is 3.20. The molecule has 0 atom stereocenters. The number of carbonyl (C=O) groups excluding carboxylic acids is 1. The number of benzene rings is 1. The molecular formula is C25H36BrN3O5. The van der Waals surface area contributed by atoms with Gasteiger partial charge in [0.25, 0.3) is 5.56 Å². The summed E-state index contributed by atoms with van der Waals surface area (Å²) in [5, 5.41) is 4.14. The molecule has 0 aliphatic heterocycles. The summed E-state index contributed by atoms with van der Waals surface area (Å²) < 4.78 is 13.7. The molecule has 0 spiro atoms. The van der Waals surface area contributed by atoms with Gasteiger partial charge in [-0.25, -0.2) is 14.3 Å². The summed E-state index contributed by atoms with van der Waals surface area (Å²) in [5.74, 6) is 0.155. The van der Waals surface area contributed by atoms with Crippen LogP contribution >= 0.6 is 15.9 Å². The zero-order valence-electron chi connectivity index (χ0n) is 20.6. The lowest BCUT2D eigenvalue weighted by Gasteiger charge is -2.24. The Kier molecular flexibility index (Phi) is 11.0. The van der Waals surface area contributed by atoms with E-state index in [0.29, 0.717) is 38.3 Å². The quantitative estimate of drug-likeness (QED) is 0.260. The van der Waals surface area contributed by atoms with Crippen LogP contribution in [0.3, 0.4) is 0 Å². The highest BCUT2D eigenvalue weighted by Crippen LogP contribution is 2.21. The molecule has 0 aliphatic rings. The zero-order valence-corrected chi connectivity index (χ0v) is 22.2. The van der Waals surface area contributed by atoms with E-state index in [2.05, 4.69) is 28.0 Å². The molecule has 0 bridgehead atoms. The molecule has 2 aromatic rings. The number of halogens is 1. The number of esters is 1. The van der Waals surface area contributed by atoms with Gasteiger partial charge in [-0.05, 0) is 73.7 Å². The molecule has 0 fully saturated rings. The van der Waals surface area contributed by atoms with Crippen LogP contribution in [0.4, 0.5) is 0 Å². The standard InChI is InChI=1S/C25H36BrN3O5/c1-5-7-8-9-10-16-28-22(30)21(26)27-29(24(28)32)17-12-14-19-13-11-15-20(18-19)34-25(3,4)23(31)33-6-2/h11,13,15,18H,5-10,12,14,16-17H2,1-4H3. The molecule has 0 aliphatic carbocycles. The summed E-state index contributed by atoms with van der Waals surface area (Å²) in [7, 11) is 0. The minimum atomic E-state index is -1.09. The lowest BCUT2D eigenvalue weighted by molar-refractivity contribution is -0.158. The van der Waals surface area contributed by atoms with Crippen LogP contribution in [0.5, 0.6) is 5.75 Å². The van der Waals surface area contributed by atoms with E-state index in [9.17, 15) is 14.4 Å². The molecule has 0 radical (unpaired) electrons. The third-order valence-electron chi connectivity index (χ3n) is 5.44. The molecular weight excluding hydrogens is 502 g/mol. The van der Waals surface area contributed by atoms with Crippen molar-refractivity contribution in [3.63, 3.8) is 0 Å². The fourth-order valence-electron chi connectivity index (χ4n) is 3.58. The van der Waals surface area contributed by atoms with Crippen LogP contribution in [0.2, 0.25) is 0 Å². The predicted molar refractivity (Wildman–Crippen MR) is 135 cm³/mol. The predicted octanol–water partition coefficient (Wildman–Crippen LogP) is 4.49. The minimum Gasteiger partial charge on any atom is -0.476 e. The molecule has 2 rings (SSSR count). The van der Waals surface area contributed by atoms with Gasteiger partial charge < -0.3 is 9.47 Å². The van der Waals surface area contributed by atoms with E-state index in [1.54, 1.807) is 26.8 Å². The highest BCUT2D eigenvalue weighted by atomic mass is 79.9. The molecule has 188 valence electrons. The Labute approximate surface area is 209 Å². The molecule has 0 N–H and O–H groups in total. The van der Waals surface area contributed by atoms with Gasteiger partial charge >= 0.3 is 11.7 Å². The van der Waals surface area contributed by atoms with Crippen LogP contribution in [0.1, 0.15) is 71.8 Å². The summed E-state index contributed by atoms with van der Waals surface area (Å²) in [6, 6.07) is 7.51. The molecule has 34 heavy (non-hydrogen) atoms. The number of ether oxygens (including phenoxy) is 2. The number of aromatic nitrogens is 3. The first kappa shape index (κ1) is 27.8. The van der Waals surface area contributed by atoms with E-state index in [1.165, 1.54) is 9.25 Å². The maximum absolute atomic E-state index is 12.8. The maximum atomic E-state index is 12.8. The molecule has 0 saturated heterocycles. The van der Waals surface area contributed by atoms with Crippen LogP contribution < -0.4 is 16.0 Å². The van der Waals surface area contributed by atoms with Crippen LogP contribution in [-0.2, 0) is 29.0 Å². The Morgan fingerprint density at radius 3 is 2.50 bits per heavy atom. The summed E-state index contributed by atoms with van der Waals surface area (Å²) in [5.41, 5.74) is -0.848. The molecule has 1 aromatic heterocycles. The van der Waals surface area contributed by atoms with Crippen molar-refractivity contribution in [2.24, 2.45) is 0 Å². The fraction of sp³-hybridized carbons (Fsp3) is 0.600. The van der Waals surface area contributed by atoms with E-state index in [-0.39, 0.29) is 15.9 Å². The number of hydrogen-bond acceptors (Lipinski definition) is 6. The van der Waals surface area contributed by atoms with Gasteiger partial charge in [-0.1, -0.05) is 44.7 Å². The molecule has 1 aromatic carbocycles. The highest BCUT2D eigenvalue weighted by Gasteiger charge is 2.31. The third kappa shape index (κ3) is 8.11. The van der Waals surface area contributed by atoms with E-state index in [1.807, 2.05) is 18.2 Å². The van der Waals surface area contributed by atoms with Gasteiger partial charge in [-0.3, -0.25) is 9.36 Å². The highest BCUT2D eigenvalue weighted by molar-refractivity contribution is 9.10. The van der Waals surface area contributed by atoms with Crippen molar-refractivity contribution >= 4 is 21.9 Å². The second-order valence-corrected chi connectivity index (χ2v) is 9.50. The summed E-state index contributed by atoms with van der Waals surface area (Å²) in [6.45, 7) is 8.33. The average Bonchev–Trinajstić information content (AvgIpc) is 2.79. The van der Waals surface area contributed by atoms with Gasteiger partial charge in [0.2, 0.25) is 0 Å². The lowest BCUT2D eigenvalue weighted by atomic mass is 10.1. The van der Waals surface area contributed by atoms with Gasteiger partial charge in [0.1, 0.15) is 5.75 Å². The topological polar surface area (TPSA) is 92.4 Å². The Bertz CT molecular complexity index is 1060. The first-order valence-electron chi connectivity index (χ1n) is 12.0. The molecule has 9 heteroatoms. The average molecular weight is 538 g/mol. The largest absolute Gasteiger partial charge is 0.476 e. The SMILES string of the molecule is CCCCCCCn1c(=O)c(Br)nn(CCCc2cccc(OC(C)(C)C(=O)OCC)c2)c1=O. The minimum absolute atomic E-state index is 0.150. The van der Waals surface area contributed by atoms with Gasteiger partial charge in [0, 0.05) is 13.1 Å². The van der Waals surface area contributed by atoms with Crippen LogP contribution in [0.25, 0.3) is 0 Å². The van der Waals surface area contributed by atoms with Crippen molar-refractivity contribution in [1.82, 2.24) is 14.3 Å².